The molecule has 1 N–H and O–H groups in total. The molecule has 76 valence electrons. The number of hydrogen-bond acceptors (Lipinski definition) is 0. The molecule has 0 amide bonds. The summed E-state index contributed by atoms with van der Waals surface area (Å²) < 4.78 is 0. The van der Waals surface area contributed by atoms with Crippen molar-refractivity contribution < 1.29 is 17.0 Å². The van der Waals surface area contributed by atoms with Crippen molar-refractivity contribution in [1.29, 1.82) is 0 Å². The van der Waals surface area contributed by atoms with Crippen molar-refractivity contribution in [2.24, 2.45) is 0 Å². The number of halogens is 2. The maximum Gasteiger partial charge on any atom is -0.172 e. The summed E-state index contributed by atoms with van der Waals surface area (Å²) in [7, 11) is 9.78. The van der Waals surface area contributed by atoms with Crippen LogP contribution in [0.2, 0.25) is 0 Å². The van der Waals surface area contributed by atoms with E-state index in [4.69, 9.17) is 24.3 Å². The largest absolute Gasteiger partial charge is 0.214 e. The van der Waals surface area contributed by atoms with Gasteiger partial charge in [0.05, 0.1) is 0 Å². The van der Waals surface area contributed by atoms with E-state index in [9.17, 15) is 0 Å². The Morgan fingerprint density at radius 2 is 1.38 bits per heavy atom. The van der Waals surface area contributed by atoms with Gasteiger partial charge in [0.15, 0.2) is 0 Å². The molecule has 1 aromatic carbocycles. The van der Waals surface area contributed by atoms with Crippen molar-refractivity contribution >= 4 is 18.6 Å². The second kappa shape index (κ2) is 10.7. The predicted octanol–water partition coefficient (Wildman–Crippen LogP) is 4.62. The fourth-order valence-corrected chi connectivity index (χ4v) is 0.321. The van der Waals surface area contributed by atoms with E-state index in [0.29, 0.717) is 0 Å². The van der Waals surface area contributed by atoms with Gasteiger partial charge in [0.2, 0.25) is 0 Å². The Bertz CT molecular complexity index is 135. The van der Waals surface area contributed by atoms with E-state index in [-0.39, 0.29) is 5.54 Å². The molecule has 0 aliphatic carbocycles. The van der Waals surface area contributed by atoms with Gasteiger partial charge < -0.3 is 5.73 Å². The summed E-state index contributed by atoms with van der Waals surface area (Å²) in [4.78, 5) is 0. The van der Waals surface area contributed by atoms with Crippen molar-refractivity contribution in [3.8, 4) is 0 Å². The zero-order chi connectivity index (χ0) is 10.7. The first-order chi connectivity index (χ1) is 5.91. The molecule has 0 radical (unpaired) electrons. The zero-order valence-corrected chi connectivity index (χ0v) is 11.2. The third-order valence-corrected chi connectivity index (χ3v) is 0.556. The maximum absolute atomic E-state index is 6.94. The molecule has 0 aliphatic rings. The molecule has 1 aromatic rings. The van der Waals surface area contributed by atoms with Crippen molar-refractivity contribution in [1.82, 2.24) is 0 Å². The fraction of sp³-hybridized carbons (Fsp3) is 0.444. The predicted molar refractivity (Wildman–Crippen MR) is 57.8 cm³/mol. The fourth-order valence-electron chi connectivity index (χ4n) is 0.321. The van der Waals surface area contributed by atoms with Crippen LogP contribution in [0.5, 0.6) is 0 Å². The van der Waals surface area contributed by atoms with Crippen molar-refractivity contribution in [3.63, 3.8) is 0 Å². The molecule has 0 saturated heterocycles. The Kier molecular flexibility index (Phi) is 13.2. The molecule has 13 heavy (non-hydrogen) atoms. The molecular weight excluding hydrogens is 241 g/mol. The summed E-state index contributed by atoms with van der Waals surface area (Å²) in [5.41, 5.74) is 6.69. The van der Waals surface area contributed by atoms with Crippen LogP contribution in [-0.2, 0) is 17.0 Å². The number of nitrogens with one attached hydrogen (secondary N) is 1. The molecule has 0 aromatic heterocycles. The Balaban J connectivity index is 0. The molecule has 0 spiro atoms. The Labute approximate surface area is 97.6 Å². The van der Waals surface area contributed by atoms with Crippen molar-refractivity contribution in [2.75, 3.05) is 0 Å². The SMILES string of the molecule is CC(C)(C)[NH-].[Cl][Ti][Cl].c1cc[cH-]c1. The van der Waals surface area contributed by atoms with Gasteiger partial charge >= 0.3 is 35.6 Å². The van der Waals surface area contributed by atoms with Crippen LogP contribution in [0.25, 0.3) is 5.73 Å². The van der Waals surface area contributed by atoms with Gasteiger partial charge in [-0.05, 0) is 0 Å². The Morgan fingerprint density at radius 1 is 1.15 bits per heavy atom. The zero-order valence-electron chi connectivity index (χ0n) is 8.14. The molecule has 0 heterocycles. The standard InChI is InChI=1S/C5H5.C4H10N.2ClH.Ti/c1-2-4-5-3-1;1-4(2,3)5;;;/h1-5H;5H,1-3H3;2*1H;/q2*-1;;;+2/p-2. The second-order valence-corrected chi connectivity index (χ2v) is 5.86. The monoisotopic (exact) mass is 255 g/mol. The van der Waals surface area contributed by atoms with E-state index < -0.39 is 17.0 Å². The first-order valence-electron chi connectivity index (χ1n) is 3.79. The average molecular weight is 256 g/mol. The summed E-state index contributed by atoms with van der Waals surface area (Å²) in [5.74, 6) is 0. The van der Waals surface area contributed by atoms with Crippen LogP contribution < -0.4 is 0 Å². The quantitative estimate of drug-likeness (QED) is 0.477. The molecular formula is C9H15Cl2NTi-2. The third kappa shape index (κ3) is 45.1. The van der Waals surface area contributed by atoms with E-state index in [2.05, 4.69) is 0 Å². The Morgan fingerprint density at radius 3 is 1.46 bits per heavy atom. The summed E-state index contributed by atoms with van der Waals surface area (Å²) in [6.45, 7) is 5.56. The van der Waals surface area contributed by atoms with Crippen molar-refractivity contribution in [2.45, 2.75) is 26.3 Å². The van der Waals surface area contributed by atoms with Crippen LogP contribution in [0.4, 0.5) is 0 Å². The molecule has 0 bridgehead atoms. The molecule has 0 fully saturated rings. The first kappa shape index (κ1) is 16.1. The maximum atomic E-state index is 6.94. The molecule has 4 heteroatoms. The van der Waals surface area contributed by atoms with Crippen LogP contribution in [-0.4, -0.2) is 5.54 Å². The van der Waals surface area contributed by atoms with Crippen LogP contribution in [0.15, 0.2) is 30.3 Å². The summed E-state index contributed by atoms with van der Waals surface area (Å²) >= 11 is -0.556. The summed E-state index contributed by atoms with van der Waals surface area (Å²) in [5, 5.41) is 0. The van der Waals surface area contributed by atoms with E-state index in [1.807, 2.05) is 51.1 Å². The minimum absolute atomic E-state index is 0.250. The third-order valence-electron chi connectivity index (χ3n) is 0.556. The van der Waals surface area contributed by atoms with Gasteiger partial charge in [-0.15, -0.1) is 5.54 Å². The summed E-state index contributed by atoms with van der Waals surface area (Å²) in [6.07, 6.45) is 0. The van der Waals surface area contributed by atoms with Gasteiger partial charge in [-0.2, -0.15) is 18.2 Å². The van der Waals surface area contributed by atoms with Gasteiger partial charge in [-0.25, -0.2) is 12.1 Å². The molecule has 0 aliphatic heterocycles. The van der Waals surface area contributed by atoms with Crippen LogP contribution in [0.1, 0.15) is 20.8 Å². The molecule has 0 unspecified atom stereocenters. The van der Waals surface area contributed by atoms with Gasteiger partial charge in [0.1, 0.15) is 0 Å². The van der Waals surface area contributed by atoms with Gasteiger partial charge in [-0.3, -0.25) is 0 Å². The van der Waals surface area contributed by atoms with E-state index in [1.165, 1.54) is 0 Å². The molecule has 1 nitrogen and oxygen atoms in total. The molecule has 0 atom stereocenters. The van der Waals surface area contributed by atoms with E-state index in [1.54, 1.807) is 0 Å². The minimum Gasteiger partial charge on any atom is -0.214 e. The molecule has 1 rings (SSSR count). The van der Waals surface area contributed by atoms with E-state index in [0.717, 1.165) is 0 Å². The average Bonchev–Trinajstić information content (AvgIpc) is 2.36. The van der Waals surface area contributed by atoms with Crippen LogP contribution >= 0.6 is 18.6 Å². The minimum atomic E-state index is -0.556. The van der Waals surface area contributed by atoms with E-state index >= 15 is 0 Å². The number of hydrogen-bond donors (Lipinski definition) is 0. The first-order valence-corrected chi connectivity index (χ1v) is 8.09. The van der Waals surface area contributed by atoms with Crippen LogP contribution in [0, 0.1) is 0 Å². The van der Waals surface area contributed by atoms with Crippen molar-refractivity contribution in [3.05, 3.63) is 36.1 Å². The Hall–Kier alpha value is 0.604. The topological polar surface area (TPSA) is 23.8 Å². The van der Waals surface area contributed by atoms with Gasteiger partial charge in [0.25, 0.3) is 0 Å². The smallest absolute Gasteiger partial charge is 0.172 e. The number of rotatable bonds is 0. The van der Waals surface area contributed by atoms with Gasteiger partial charge in [-0.1, -0.05) is 20.8 Å². The summed E-state index contributed by atoms with van der Waals surface area (Å²) in [6, 6.07) is 10.0. The second-order valence-electron chi connectivity index (χ2n) is 3.28. The van der Waals surface area contributed by atoms with Gasteiger partial charge in [0, 0.05) is 0 Å². The van der Waals surface area contributed by atoms with Crippen LogP contribution in [0.3, 0.4) is 0 Å². The normalized spacial score (nSPS) is 8.77. The molecule has 0 saturated carbocycles.